The van der Waals surface area contributed by atoms with E-state index in [0.29, 0.717) is 51.8 Å². The normalized spacial score (nSPS) is 19.1. The molecular formula is C21H23Cl2N3O4. The highest BCUT2D eigenvalue weighted by Crippen LogP contribution is 2.45. The van der Waals surface area contributed by atoms with Gasteiger partial charge in [0, 0.05) is 46.5 Å². The number of methoxy groups -OCH3 is 1. The third-order valence-corrected chi connectivity index (χ3v) is 5.31. The molecule has 0 aliphatic carbocycles. The monoisotopic (exact) mass is 451 g/mol. The molecule has 1 aliphatic heterocycles. The summed E-state index contributed by atoms with van der Waals surface area (Å²) in [7, 11) is 1.54. The number of esters is 1. The summed E-state index contributed by atoms with van der Waals surface area (Å²) in [5.41, 5.74) is 2.69. The predicted molar refractivity (Wildman–Crippen MR) is 115 cm³/mol. The number of halogens is 2. The quantitative estimate of drug-likeness (QED) is 0.446. The van der Waals surface area contributed by atoms with Crippen molar-refractivity contribution in [1.82, 2.24) is 10.1 Å². The van der Waals surface area contributed by atoms with Gasteiger partial charge in [-0.15, -0.1) is 0 Å². The Morgan fingerprint density at radius 1 is 1.17 bits per heavy atom. The lowest BCUT2D eigenvalue weighted by molar-refractivity contribution is -0.147. The van der Waals surface area contributed by atoms with Gasteiger partial charge in [-0.3, -0.25) is 9.79 Å². The van der Waals surface area contributed by atoms with Gasteiger partial charge in [-0.1, -0.05) is 35.3 Å². The van der Waals surface area contributed by atoms with Crippen LogP contribution in [0.1, 0.15) is 44.0 Å². The molecule has 2 aromatic rings. The van der Waals surface area contributed by atoms with E-state index in [1.807, 2.05) is 13.8 Å². The van der Waals surface area contributed by atoms with Crippen LogP contribution >= 0.6 is 23.2 Å². The minimum atomic E-state index is -0.702. The molecule has 0 spiro atoms. The summed E-state index contributed by atoms with van der Waals surface area (Å²) in [5, 5.41) is 4.92. The predicted octanol–water partition coefficient (Wildman–Crippen LogP) is 4.73. The number of aromatic nitrogens is 2. The molecule has 30 heavy (non-hydrogen) atoms. The molecule has 0 amide bonds. The van der Waals surface area contributed by atoms with E-state index >= 15 is 0 Å². The van der Waals surface area contributed by atoms with Crippen molar-refractivity contribution in [2.75, 3.05) is 20.3 Å². The van der Waals surface area contributed by atoms with Crippen LogP contribution < -0.4 is 0 Å². The fraction of sp³-hybridized carbons (Fsp3) is 0.429. The second-order valence-electron chi connectivity index (χ2n) is 6.94. The maximum atomic E-state index is 13.1. The zero-order valence-corrected chi connectivity index (χ0v) is 18.8. The summed E-state index contributed by atoms with van der Waals surface area (Å²) < 4.78 is 16.0. The number of carbonyl (C=O) groups excluding carboxylic acids is 1. The first-order valence-electron chi connectivity index (χ1n) is 9.56. The molecule has 9 heteroatoms. The van der Waals surface area contributed by atoms with E-state index in [2.05, 4.69) is 15.1 Å². The van der Waals surface area contributed by atoms with Crippen LogP contribution in [-0.4, -0.2) is 42.1 Å². The van der Waals surface area contributed by atoms with E-state index in [9.17, 15) is 4.79 Å². The first kappa shape index (κ1) is 22.5. The van der Waals surface area contributed by atoms with Gasteiger partial charge in [0.25, 0.3) is 5.89 Å². The number of ether oxygens (including phenoxy) is 2. The van der Waals surface area contributed by atoms with Gasteiger partial charge >= 0.3 is 5.97 Å². The Kier molecular flexibility index (Phi) is 7.28. The summed E-state index contributed by atoms with van der Waals surface area (Å²) in [6.45, 7) is 6.02. The Morgan fingerprint density at radius 3 is 2.47 bits per heavy atom. The molecule has 0 fully saturated rings. The van der Waals surface area contributed by atoms with Gasteiger partial charge in [0.1, 0.15) is 12.5 Å². The maximum absolute atomic E-state index is 13.1. The number of allylic oxidation sites excluding steroid dienone is 2. The third kappa shape index (κ3) is 4.74. The molecule has 2 atom stereocenters. The number of nitrogens with zero attached hydrogens (tertiary/aromatic N) is 3. The van der Waals surface area contributed by atoms with Gasteiger partial charge in [0.2, 0.25) is 0 Å². The summed E-state index contributed by atoms with van der Waals surface area (Å²) in [6, 6.07) is 5.19. The second-order valence-corrected chi connectivity index (χ2v) is 7.81. The molecule has 0 bridgehead atoms. The molecule has 2 heterocycles. The first-order valence-corrected chi connectivity index (χ1v) is 10.3. The van der Waals surface area contributed by atoms with Crippen LogP contribution in [0.4, 0.5) is 0 Å². The number of benzene rings is 1. The van der Waals surface area contributed by atoms with Crippen LogP contribution in [0.15, 0.2) is 33.4 Å². The first-order chi connectivity index (χ1) is 14.3. The SMILES string of the molecule is CCc1noc(C2=C(C)N=C(C)C(C(=O)OCCOC)C2c2cc(Cl)cc(Cl)c2)n1. The van der Waals surface area contributed by atoms with Crippen molar-refractivity contribution in [1.29, 1.82) is 0 Å². The lowest BCUT2D eigenvalue weighted by Gasteiger charge is -2.31. The third-order valence-electron chi connectivity index (χ3n) is 4.87. The topological polar surface area (TPSA) is 86.8 Å². The Hall–Kier alpha value is -2.22. The van der Waals surface area contributed by atoms with Gasteiger partial charge in [-0.2, -0.15) is 4.98 Å². The van der Waals surface area contributed by atoms with Crippen LogP contribution in [-0.2, 0) is 20.7 Å². The number of aliphatic imine (C=N–C) groups is 1. The molecule has 7 nitrogen and oxygen atoms in total. The highest BCUT2D eigenvalue weighted by atomic mass is 35.5. The largest absolute Gasteiger partial charge is 0.463 e. The van der Waals surface area contributed by atoms with Crippen LogP contribution in [0.5, 0.6) is 0 Å². The Bertz CT molecular complexity index is 980. The highest BCUT2D eigenvalue weighted by Gasteiger charge is 2.42. The summed E-state index contributed by atoms with van der Waals surface area (Å²) in [4.78, 5) is 22.1. The van der Waals surface area contributed by atoms with Crippen molar-refractivity contribution >= 4 is 40.5 Å². The van der Waals surface area contributed by atoms with Crippen molar-refractivity contribution in [2.24, 2.45) is 10.9 Å². The maximum Gasteiger partial charge on any atom is 0.315 e. The molecule has 1 aliphatic rings. The minimum Gasteiger partial charge on any atom is -0.463 e. The van der Waals surface area contributed by atoms with Gasteiger partial charge in [0.15, 0.2) is 5.82 Å². The lowest BCUT2D eigenvalue weighted by atomic mass is 9.75. The molecule has 160 valence electrons. The average molecular weight is 452 g/mol. The van der Waals surface area contributed by atoms with Gasteiger partial charge in [0.05, 0.1) is 6.61 Å². The van der Waals surface area contributed by atoms with Crippen LogP contribution in [0, 0.1) is 5.92 Å². The van der Waals surface area contributed by atoms with E-state index in [1.54, 1.807) is 32.2 Å². The fourth-order valence-corrected chi connectivity index (χ4v) is 4.10. The second kappa shape index (κ2) is 9.73. The molecule has 0 saturated carbocycles. The molecular weight excluding hydrogens is 429 g/mol. The molecule has 0 radical (unpaired) electrons. The number of rotatable bonds is 7. The molecule has 1 aromatic carbocycles. The number of aryl methyl sites for hydroxylation is 1. The van der Waals surface area contributed by atoms with Crippen molar-refractivity contribution in [3.8, 4) is 0 Å². The van der Waals surface area contributed by atoms with Crippen molar-refractivity contribution < 1.29 is 18.8 Å². The fourth-order valence-electron chi connectivity index (χ4n) is 3.56. The van der Waals surface area contributed by atoms with E-state index < -0.39 is 17.8 Å². The van der Waals surface area contributed by atoms with Crippen molar-refractivity contribution in [2.45, 2.75) is 33.1 Å². The van der Waals surface area contributed by atoms with Gasteiger partial charge in [-0.05, 0) is 37.6 Å². The molecule has 1 aromatic heterocycles. The van der Waals surface area contributed by atoms with Crippen LogP contribution in [0.2, 0.25) is 10.0 Å². The smallest absolute Gasteiger partial charge is 0.315 e. The number of hydrogen-bond acceptors (Lipinski definition) is 7. The van der Waals surface area contributed by atoms with E-state index in [1.165, 1.54) is 0 Å². The van der Waals surface area contributed by atoms with Crippen LogP contribution in [0.25, 0.3) is 5.57 Å². The Balaban J connectivity index is 2.14. The van der Waals surface area contributed by atoms with E-state index in [-0.39, 0.29) is 6.61 Å². The Morgan fingerprint density at radius 2 is 1.87 bits per heavy atom. The zero-order valence-electron chi connectivity index (χ0n) is 17.2. The summed E-state index contributed by atoms with van der Waals surface area (Å²) in [6.07, 6.45) is 0.619. The Labute approximate surface area is 185 Å². The van der Waals surface area contributed by atoms with Gasteiger partial charge < -0.3 is 14.0 Å². The van der Waals surface area contributed by atoms with E-state index in [4.69, 9.17) is 37.2 Å². The molecule has 3 rings (SSSR count). The lowest BCUT2D eigenvalue weighted by Crippen LogP contribution is -2.34. The van der Waals surface area contributed by atoms with Crippen molar-refractivity contribution in [3.63, 3.8) is 0 Å². The molecule has 0 N–H and O–H groups in total. The highest BCUT2D eigenvalue weighted by molar-refractivity contribution is 6.34. The van der Waals surface area contributed by atoms with Crippen molar-refractivity contribution in [3.05, 3.63) is 51.2 Å². The van der Waals surface area contributed by atoms with Gasteiger partial charge in [-0.25, -0.2) is 0 Å². The average Bonchev–Trinajstić information content (AvgIpc) is 3.15. The minimum absolute atomic E-state index is 0.140. The molecule has 0 saturated heterocycles. The summed E-state index contributed by atoms with van der Waals surface area (Å²) in [5.74, 6) is -0.740. The zero-order chi connectivity index (χ0) is 21.8. The van der Waals surface area contributed by atoms with E-state index in [0.717, 1.165) is 5.56 Å². The summed E-state index contributed by atoms with van der Waals surface area (Å²) >= 11 is 12.6. The standard InChI is InChI=1S/C21H23Cl2N3O4/c1-5-16-25-20(30-26-16)17-11(2)24-12(3)18(21(27)29-7-6-28-4)19(17)13-8-14(22)10-15(23)9-13/h8-10,18-19H,5-7H2,1-4H3. The molecule has 2 unspecified atom stereocenters. The van der Waals surface area contributed by atoms with Crippen LogP contribution in [0.3, 0.4) is 0 Å². The number of hydrogen-bond donors (Lipinski definition) is 0. The number of carbonyl (C=O) groups is 1.